The Hall–Kier alpha value is -2.90. The van der Waals surface area contributed by atoms with Crippen molar-refractivity contribution in [3.63, 3.8) is 0 Å². The average molecular weight is 285 g/mol. The maximum atomic E-state index is 11.2. The first-order valence-electron chi connectivity index (χ1n) is 6.48. The molecule has 8 heteroatoms. The van der Waals surface area contributed by atoms with Crippen LogP contribution in [0.25, 0.3) is 11.0 Å². The minimum Gasteiger partial charge on any atom is -0.476 e. The van der Waals surface area contributed by atoms with Gasteiger partial charge in [-0.3, -0.25) is 0 Å². The van der Waals surface area contributed by atoms with E-state index in [1.807, 2.05) is 11.0 Å². The molecule has 2 N–H and O–H groups in total. The van der Waals surface area contributed by atoms with Gasteiger partial charge in [-0.05, 0) is 6.07 Å². The number of anilines is 1. The first-order chi connectivity index (χ1) is 10.2. The summed E-state index contributed by atoms with van der Waals surface area (Å²) in [6.45, 7) is 1.11. The average Bonchev–Trinajstić information content (AvgIpc) is 3.12. The molecule has 0 radical (unpaired) electrons. The second-order valence-electron chi connectivity index (χ2n) is 4.85. The van der Waals surface area contributed by atoms with Gasteiger partial charge in [-0.15, -0.1) is 0 Å². The largest absolute Gasteiger partial charge is 0.476 e. The summed E-state index contributed by atoms with van der Waals surface area (Å²) < 4.78 is 5.11. The van der Waals surface area contributed by atoms with Crippen LogP contribution in [0, 0.1) is 0 Å². The van der Waals surface area contributed by atoms with E-state index >= 15 is 0 Å². The summed E-state index contributed by atoms with van der Waals surface area (Å²) in [7, 11) is 0. The molecule has 0 fully saturated rings. The SMILES string of the molecule is O=C(O)c1noc2c1CN(c1ncnc3[nH]ccc13)CC2. The third-order valence-electron chi connectivity index (χ3n) is 3.66. The molecule has 4 heterocycles. The summed E-state index contributed by atoms with van der Waals surface area (Å²) in [4.78, 5) is 24.7. The van der Waals surface area contributed by atoms with E-state index in [2.05, 4.69) is 20.1 Å². The van der Waals surface area contributed by atoms with Crippen LogP contribution >= 0.6 is 0 Å². The third-order valence-corrected chi connectivity index (χ3v) is 3.66. The summed E-state index contributed by atoms with van der Waals surface area (Å²) >= 11 is 0. The van der Waals surface area contributed by atoms with Crippen LogP contribution in [0.5, 0.6) is 0 Å². The van der Waals surface area contributed by atoms with Crippen molar-refractivity contribution in [1.82, 2.24) is 20.1 Å². The predicted octanol–water partition coefficient (Wildman–Crippen LogP) is 1.21. The highest BCUT2D eigenvalue weighted by molar-refractivity contribution is 5.89. The lowest BCUT2D eigenvalue weighted by molar-refractivity contribution is 0.0684. The number of rotatable bonds is 2. The minimum atomic E-state index is -1.07. The molecule has 0 bridgehead atoms. The molecule has 0 amide bonds. The zero-order valence-electron chi connectivity index (χ0n) is 10.9. The Morgan fingerprint density at radius 3 is 3.19 bits per heavy atom. The van der Waals surface area contributed by atoms with Gasteiger partial charge in [0.2, 0.25) is 0 Å². The summed E-state index contributed by atoms with van der Waals surface area (Å²) in [5.41, 5.74) is 1.36. The van der Waals surface area contributed by atoms with Gasteiger partial charge in [0, 0.05) is 24.7 Å². The summed E-state index contributed by atoms with van der Waals surface area (Å²) in [6.07, 6.45) is 3.90. The van der Waals surface area contributed by atoms with Crippen LogP contribution in [0.1, 0.15) is 21.8 Å². The molecular weight excluding hydrogens is 274 g/mol. The smallest absolute Gasteiger partial charge is 0.358 e. The number of aromatic amines is 1. The Morgan fingerprint density at radius 2 is 2.33 bits per heavy atom. The molecule has 0 atom stereocenters. The van der Waals surface area contributed by atoms with Crippen molar-refractivity contribution < 1.29 is 14.4 Å². The molecule has 0 aliphatic carbocycles. The van der Waals surface area contributed by atoms with Crippen molar-refractivity contribution in [2.45, 2.75) is 13.0 Å². The summed E-state index contributed by atoms with van der Waals surface area (Å²) in [6, 6.07) is 1.91. The minimum absolute atomic E-state index is 0.0194. The zero-order chi connectivity index (χ0) is 14.4. The molecular formula is C13H11N5O3. The van der Waals surface area contributed by atoms with E-state index in [1.165, 1.54) is 6.33 Å². The fraction of sp³-hybridized carbons (Fsp3) is 0.231. The number of nitrogens with zero attached hydrogens (tertiary/aromatic N) is 4. The molecule has 0 unspecified atom stereocenters. The van der Waals surface area contributed by atoms with Crippen LogP contribution in [0.4, 0.5) is 5.82 Å². The van der Waals surface area contributed by atoms with E-state index in [4.69, 9.17) is 9.63 Å². The van der Waals surface area contributed by atoms with Crippen LogP contribution in [0.2, 0.25) is 0 Å². The number of hydrogen-bond acceptors (Lipinski definition) is 6. The Kier molecular flexibility index (Phi) is 2.44. The first kappa shape index (κ1) is 11.9. The van der Waals surface area contributed by atoms with Gasteiger partial charge in [-0.2, -0.15) is 0 Å². The number of aromatic nitrogens is 4. The number of fused-ring (bicyclic) bond motifs is 2. The molecule has 0 spiro atoms. The number of nitrogens with one attached hydrogen (secondary N) is 1. The van der Waals surface area contributed by atoms with Gasteiger partial charge < -0.3 is 19.5 Å². The number of carbonyl (C=O) groups is 1. The van der Waals surface area contributed by atoms with E-state index in [0.717, 1.165) is 16.9 Å². The van der Waals surface area contributed by atoms with E-state index in [0.29, 0.717) is 30.8 Å². The molecule has 1 aliphatic heterocycles. The van der Waals surface area contributed by atoms with Gasteiger partial charge >= 0.3 is 5.97 Å². The van der Waals surface area contributed by atoms with E-state index < -0.39 is 5.97 Å². The fourth-order valence-corrected chi connectivity index (χ4v) is 2.67. The highest BCUT2D eigenvalue weighted by atomic mass is 16.5. The lowest BCUT2D eigenvalue weighted by atomic mass is 10.1. The monoisotopic (exact) mass is 285 g/mol. The van der Waals surface area contributed by atoms with Gasteiger partial charge in [0.15, 0.2) is 5.69 Å². The number of H-pyrrole nitrogens is 1. The molecule has 0 saturated carbocycles. The first-order valence-corrected chi connectivity index (χ1v) is 6.48. The number of carboxylic acid groups (broad SMARTS) is 1. The maximum Gasteiger partial charge on any atom is 0.358 e. The van der Waals surface area contributed by atoms with Crippen LogP contribution < -0.4 is 4.90 Å². The molecule has 0 saturated heterocycles. The highest BCUT2D eigenvalue weighted by Gasteiger charge is 2.28. The van der Waals surface area contributed by atoms with Crippen molar-refractivity contribution in [3.05, 3.63) is 35.6 Å². The normalized spacial score (nSPS) is 14.4. The van der Waals surface area contributed by atoms with Gasteiger partial charge in [0.25, 0.3) is 0 Å². The lowest BCUT2D eigenvalue weighted by Crippen LogP contribution is -2.31. The van der Waals surface area contributed by atoms with E-state index in [9.17, 15) is 4.79 Å². The Bertz CT molecular complexity index is 837. The van der Waals surface area contributed by atoms with E-state index in [1.54, 1.807) is 6.20 Å². The molecule has 3 aromatic rings. The molecule has 4 rings (SSSR count). The predicted molar refractivity (Wildman–Crippen MR) is 72.1 cm³/mol. The van der Waals surface area contributed by atoms with Crippen LogP contribution in [0.3, 0.4) is 0 Å². The van der Waals surface area contributed by atoms with Crippen molar-refractivity contribution >= 4 is 22.8 Å². The Labute approximate surface area is 118 Å². The molecule has 21 heavy (non-hydrogen) atoms. The number of hydrogen-bond donors (Lipinski definition) is 2. The summed E-state index contributed by atoms with van der Waals surface area (Å²) in [5, 5.41) is 13.7. The molecule has 1 aliphatic rings. The molecule has 3 aromatic heterocycles. The van der Waals surface area contributed by atoms with Crippen molar-refractivity contribution in [2.24, 2.45) is 0 Å². The van der Waals surface area contributed by atoms with Gasteiger partial charge in [0.1, 0.15) is 23.6 Å². The quantitative estimate of drug-likeness (QED) is 0.728. The van der Waals surface area contributed by atoms with E-state index in [-0.39, 0.29) is 5.69 Å². The zero-order valence-corrected chi connectivity index (χ0v) is 10.9. The Morgan fingerprint density at radius 1 is 1.43 bits per heavy atom. The standard InChI is InChI=1S/C13H11N5O3/c19-13(20)10-8-5-18(4-2-9(8)21-17-10)12-7-1-3-14-11(7)15-6-16-12/h1,3,6H,2,4-5H2,(H,19,20)(H,14,15,16). The molecule has 8 nitrogen and oxygen atoms in total. The number of aromatic carboxylic acids is 1. The van der Waals surface area contributed by atoms with Crippen molar-refractivity contribution in [1.29, 1.82) is 0 Å². The van der Waals surface area contributed by atoms with Crippen LogP contribution in [-0.2, 0) is 13.0 Å². The van der Waals surface area contributed by atoms with Crippen molar-refractivity contribution in [2.75, 3.05) is 11.4 Å². The van der Waals surface area contributed by atoms with Gasteiger partial charge in [-0.25, -0.2) is 14.8 Å². The lowest BCUT2D eigenvalue weighted by Gasteiger charge is -2.27. The molecule has 106 valence electrons. The Balaban J connectivity index is 1.77. The van der Waals surface area contributed by atoms with Gasteiger partial charge in [-0.1, -0.05) is 5.16 Å². The van der Waals surface area contributed by atoms with Crippen LogP contribution in [0.15, 0.2) is 23.1 Å². The van der Waals surface area contributed by atoms with Gasteiger partial charge in [0.05, 0.1) is 11.9 Å². The third kappa shape index (κ3) is 1.76. The topological polar surface area (TPSA) is 108 Å². The molecule has 0 aromatic carbocycles. The second-order valence-corrected chi connectivity index (χ2v) is 4.85. The highest BCUT2D eigenvalue weighted by Crippen LogP contribution is 2.29. The summed E-state index contributed by atoms with van der Waals surface area (Å²) in [5.74, 6) is 0.351. The number of carboxylic acids is 1. The maximum absolute atomic E-state index is 11.2. The van der Waals surface area contributed by atoms with Crippen LogP contribution in [-0.4, -0.2) is 37.7 Å². The van der Waals surface area contributed by atoms with Crippen molar-refractivity contribution in [3.8, 4) is 0 Å². The second kappa shape index (κ2) is 4.30. The fourth-order valence-electron chi connectivity index (χ4n) is 2.67.